The lowest BCUT2D eigenvalue weighted by Crippen LogP contribution is -2.49. The molecule has 1 heterocycles. The number of nitrogens with one attached hydrogen (secondary N) is 3. The van der Waals surface area contributed by atoms with Crippen molar-refractivity contribution in [1.82, 2.24) is 25.4 Å². The molecule has 0 aliphatic rings. The van der Waals surface area contributed by atoms with Crippen LogP contribution in [-0.4, -0.2) is 83.1 Å². The molecule has 284 valence electrons. The Morgan fingerprint density at radius 1 is 0.942 bits per heavy atom. The van der Waals surface area contributed by atoms with Crippen LogP contribution in [0.2, 0.25) is 0 Å². The van der Waals surface area contributed by atoms with E-state index in [2.05, 4.69) is 16.0 Å². The molecule has 3 aromatic rings. The molecule has 52 heavy (non-hydrogen) atoms. The molecule has 0 saturated carbocycles. The number of carbonyl (C=O) groups excluding carboxylic acids is 4. The number of amides is 4. The molecule has 0 radical (unpaired) electrons. The third kappa shape index (κ3) is 12.2. The highest BCUT2D eigenvalue weighted by Crippen LogP contribution is 2.41. The Hall–Kier alpha value is -4.66. The Bertz CT molecular complexity index is 1640. The first-order valence-corrected chi connectivity index (χ1v) is 17.5. The van der Waals surface area contributed by atoms with Crippen LogP contribution >= 0.6 is 0 Å². The Kier molecular flexibility index (Phi) is 15.9. The number of halogens is 2. The zero-order valence-electron chi connectivity index (χ0n) is 30.5. The highest BCUT2D eigenvalue weighted by atomic mass is 19.1. The lowest BCUT2D eigenvalue weighted by molar-refractivity contribution is -0.140. The number of unbranched alkanes of at least 4 members (excludes halogenated alkanes) is 1. The molecule has 0 spiro atoms. The monoisotopic (exact) mass is 725 g/mol. The summed E-state index contributed by atoms with van der Waals surface area (Å²) >= 11 is 0. The van der Waals surface area contributed by atoms with Gasteiger partial charge in [-0.05, 0) is 67.5 Å². The van der Waals surface area contributed by atoms with E-state index in [1.807, 2.05) is 55.7 Å². The average Bonchev–Trinajstić information content (AvgIpc) is 3.50. The second-order valence-electron chi connectivity index (χ2n) is 13.9. The maximum Gasteiger partial charge on any atom is 0.248 e. The number of carbonyl (C=O) groups is 4. The summed E-state index contributed by atoms with van der Waals surface area (Å²) in [4.78, 5) is 52.1. The Balaban J connectivity index is 1.79. The van der Waals surface area contributed by atoms with Crippen LogP contribution in [0.15, 0.2) is 60.8 Å². The largest absolute Gasteiger partial charge is 0.387 e. The number of nitrogens with two attached hydrogens (primary N) is 2. The van der Waals surface area contributed by atoms with Crippen molar-refractivity contribution < 1.29 is 33.1 Å². The first-order chi connectivity index (χ1) is 24.7. The molecule has 3 rings (SSSR count). The van der Waals surface area contributed by atoms with Crippen LogP contribution in [0.4, 0.5) is 8.78 Å². The normalized spacial score (nSPS) is 13.2. The zero-order valence-corrected chi connectivity index (χ0v) is 30.5. The number of aliphatic hydroxyl groups excluding tert-OH is 1. The molecule has 2 aromatic carbocycles. The molecule has 8 N–H and O–H groups in total. The first kappa shape index (κ1) is 41.8. The fourth-order valence-electron chi connectivity index (χ4n) is 6.14. The van der Waals surface area contributed by atoms with Gasteiger partial charge in [0.1, 0.15) is 24.3 Å². The minimum atomic E-state index is -1.04. The Labute approximate surface area is 304 Å². The van der Waals surface area contributed by atoms with Crippen LogP contribution in [0.25, 0.3) is 11.1 Å². The van der Waals surface area contributed by atoms with E-state index in [4.69, 9.17) is 11.5 Å². The second kappa shape index (κ2) is 19.8. The van der Waals surface area contributed by atoms with Gasteiger partial charge in [0.15, 0.2) is 0 Å². The van der Waals surface area contributed by atoms with Gasteiger partial charge in [0, 0.05) is 56.1 Å². The molecule has 3 unspecified atom stereocenters. The predicted molar refractivity (Wildman–Crippen MR) is 195 cm³/mol. The Morgan fingerprint density at radius 2 is 1.62 bits per heavy atom. The molecule has 14 heteroatoms. The van der Waals surface area contributed by atoms with Gasteiger partial charge in [0.2, 0.25) is 23.6 Å². The number of aliphatic hydroxyl groups is 1. The highest BCUT2D eigenvalue weighted by Gasteiger charge is 2.37. The third-order valence-corrected chi connectivity index (χ3v) is 8.61. The molecule has 0 aliphatic heterocycles. The summed E-state index contributed by atoms with van der Waals surface area (Å²) in [5.74, 6) is -3.01. The molecular weight excluding hydrogens is 672 g/mol. The second-order valence-corrected chi connectivity index (χ2v) is 13.9. The van der Waals surface area contributed by atoms with Gasteiger partial charge in [-0.1, -0.05) is 51.1 Å². The van der Waals surface area contributed by atoms with Gasteiger partial charge < -0.3 is 42.0 Å². The maximum absolute atomic E-state index is 15.0. The van der Waals surface area contributed by atoms with Gasteiger partial charge in [-0.15, -0.1) is 0 Å². The fraction of sp³-hybridized carbons (Fsp3) is 0.474. The highest BCUT2D eigenvalue weighted by molar-refractivity contribution is 5.87. The zero-order chi connectivity index (χ0) is 38.4. The topological polar surface area (TPSA) is 185 Å². The van der Waals surface area contributed by atoms with Crippen molar-refractivity contribution >= 4 is 23.6 Å². The standard InChI is InChI=1S/C38H53F2N7O5/c1-25(49)45-32(12-8-9-16-41)37(52)44-18-17-43-36(51)31(42)15-19-47(34(50)24-48)35(38(2,3)4)33-20-27(29-21-28(39)13-14-30(29)40)23-46(33)22-26-10-6-5-7-11-26/h5-7,10-11,13-14,20-21,23,31-32,35,48H,8-9,12,15-19,22,24,41-42H2,1-4H3,(H,43,51)(H,44,52)(H,45,49). The quantitative estimate of drug-likeness (QED) is 0.103. The summed E-state index contributed by atoms with van der Waals surface area (Å²) in [5.41, 5.74) is 13.2. The van der Waals surface area contributed by atoms with Crippen molar-refractivity contribution in [2.24, 2.45) is 16.9 Å². The van der Waals surface area contributed by atoms with Gasteiger partial charge >= 0.3 is 0 Å². The van der Waals surface area contributed by atoms with Crippen LogP contribution in [-0.2, 0) is 25.7 Å². The molecule has 4 amide bonds. The van der Waals surface area contributed by atoms with Crippen molar-refractivity contribution in [1.29, 1.82) is 0 Å². The van der Waals surface area contributed by atoms with E-state index >= 15 is 4.39 Å². The fourth-order valence-corrected chi connectivity index (χ4v) is 6.14. The van der Waals surface area contributed by atoms with E-state index in [1.165, 1.54) is 11.8 Å². The minimum absolute atomic E-state index is 0.00593. The smallest absolute Gasteiger partial charge is 0.248 e. The van der Waals surface area contributed by atoms with Crippen molar-refractivity contribution in [2.45, 2.75) is 78.0 Å². The number of benzene rings is 2. The average molecular weight is 726 g/mol. The number of hydrogen-bond acceptors (Lipinski definition) is 7. The first-order valence-electron chi connectivity index (χ1n) is 17.5. The molecular formula is C38H53F2N7O5. The minimum Gasteiger partial charge on any atom is -0.387 e. The molecule has 12 nitrogen and oxygen atoms in total. The van der Waals surface area contributed by atoms with Crippen LogP contribution in [0.3, 0.4) is 0 Å². The number of rotatable bonds is 19. The van der Waals surface area contributed by atoms with E-state index in [1.54, 1.807) is 12.3 Å². The van der Waals surface area contributed by atoms with E-state index in [-0.39, 0.29) is 43.4 Å². The summed E-state index contributed by atoms with van der Waals surface area (Å²) in [6.07, 6.45) is 3.56. The molecule has 1 aromatic heterocycles. The van der Waals surface area contributed by atoms with Crippen LogP contribution in [0.5, 0.6) is 0 Å². The van der Waals surface area contributed by atoms with Gasteiger partial charge in [0.25, 0.3) is 0 Å². The van der Waals surface area contributed by atoms with Crippen LogP contribution in [0.1, 0.15) is 70.7 Å². The van der Waals surface area contributed by atoms with E-state index in [0.29, 0.717) is 43.6 Å². The van der Waals surface area contributed by atoms with Gasteiger partial charge in [-0.25, -0.2) is 8.78 Å². The summed E-state index contributed by atoms with van der Waals surface area (Å²) in [6, 6.07) is 12.1. The lowest BCUT2D eigenvalue weighted by Gasteiger charge is -2.41. The van der Waals surface area contributed by atoms with Gasteiger partial charge in [-0.2, -0.15) is 0 Å². The maximum atomic E-state index is 15.0. The predicted octanol–water partition coefficient (Wildman–Crippen LogP) is 2.97. The summed E-state index contributed by atoms with van der Waals surface area (Å²) < 4.78 is 31.2. The van der Waals surface area contributed by atoms with Gasteiger partial charge in [-0.3, -0.25) is 19.2 Å². The molecule has 0 fully saturated rings. The summed E-state index contributed by atoms with van der Waals surface area (Å²) in [7, 11) is 0. The molecule has 0 aliphatic carbocycles. The van der Waals surface area contributed by atoms with Crippen molar-refractivity contribution in [3.05, 3.63) is 83.7 Å². The van der Waals surface area contributed by atoms with Gasteiger partial charge in [0.05, 0.1) is 12.1 Å². The molecule has 3 atom stereocenters. The molecule has 0 bridgehead atoms. The lowest BCUT2D eigenvalue weighted by atomic mass is 9.82. The van der Waals surface area contributed by atoms with Crippen LogP contribution < -0.4 is 27.4 Å². The van der Waals surface area contributed by atoms with Crippen LogP contribution in [0, 0.1) is 17.0 Å². The van der Waals surface area contributed by atoms with Crippen molar-refractivity contribution in [3.8, 4) is 11.1 Å². The van der Waals surface area contributed by atoms with E-state index in [9.17, 15) is 28.7 Å². The van der Waals surface area contributed by atoms with E-state index < -0.39 is 53.6 Å². The van der Waals surface area contributed by atoms with Crippen molar-refractivity contribution in [2.75, 3.05) is 32.8 Å². The number of nitrogens with zero attached hydrogens (tertiary/aromatic N) is 2. The third-order valence-electron chi connectivity index (χ3n) is 8.61. The SMILES string of the molecule is CC(=O)NC(CCCCN)C(=O)NCCNC(=O)C(N)CCN(C(=O)CO)C(c1cc(-c2cc(F)ccc2F)cn1Cc1ccccc1)C(C)(C)C. The molecule has 0 saturated heterocycles. The summed E-state index contributed by atoms with van der Waals surface area (Å²) in [5, 5.41) is 18.1. The Morgan fingerprint density at radius 3 is 2.23 bits per heavy atom. The van der Waals surface area contributed by atoms with E-state index in [0.717, 1.165) is 23.8 Å². The number of aromatic nitrogens is 1. The number of hydrogen-bond donors (Lipinski definition) is 6. The van der Waals surface area contributed by atoms with Crippen molar-refractivity contribution in [3.63, 3.8) is 0 Å². The summed E-state index contributed by atoms with van der Waals surface area (Å²) in [6.45, 7) is 7.30.